The van der Waals surface area contributed by atoms with Gasteiger partial charge in [-0.2, -0.15) is 0 Å². The summed E-state index contributed by atoms with van der Waals surface area (Å²) in [6.45, 7) is 5.77. The van der Waals surface area contributed by atoms with Gasteiger partial charge in [0.25, 0.3) is 0 Å². The molecule has 6 aromatic rings. The molecule has 0 saturated carbocycles. The number of hydrazine groups is 1. The van der Waals surface area contributed by atoms with Crippen molar-refractivity contribution in [3.05, 3.63) is 119 Å². The fourth-order valence-corrected chi connectivity index (χ4v) is 9.60. The number of H-pyrrole nitrogens is 1. The Morgan fingerprint density at radius 2 is 1.52 bits per heavy atom. The van der Waals surface area contributed by atoms with E-state index in [9.17, 15) is 0 Å². The lowest BCUT2D eigenvalue weighted by Crippen LogP contribution is -2.45. The van der Waals surface area contributed by atoms with E-state index in [2.05, 4.69) is 100.0 Å². The number of aromatic amines is 1. The smallest absolute Gasteiger partial charge is 0.203 e. The molecule has 2 unspecified atom stereocenters. The highest BCUT2D eigenvalue weighted by Crippen LogP contribution is 2.36. The number of piperidine rings is 2. The fraction of sp³-hybridized carbons (Fsp3) is 0.413. The number of ether oxygens (including phenoxy) is 3. The molecule has 0 bridgehead atoms. The minimum Gasteiger partial charge on any atom is -0.492 e. The molecule has 316 valence electrons. The van der Waals surface area contributed by atoms with Gasteiger partial charge in [-0.3, -0.25) is 10.4 Å². The molecule has 0 spiro atoms. The van der Waals surface area contributed by atoms with Gasteiger partial charge in [-0.15, -0.1) is 23.1 Å². The van der Waals surface area contributed by atoms with E-state index in [-0.39, 0.29) is 24.4 Å². The van der Waals surface area contributed by atoms with Crippen molar-refractivity contribution in [1.82, 2.24) is 35.2 Å². The first kappa shape index (κ1) is 42.2. The van der Waals surface area contributed by atoms with Crippen molar-refractivity contribution in [2.75, 3.05) is 72.8 Å². The largest absolute Gasteiger partial charge is 0.492 e. The van der Waals surface area contributed by atoms with Crippen molar-refractivity contribution in [3.8, 4) is 5.75 Å². The molecule has 8 rings (SSSR count). The molecule has 2 atom stereocenters. The van der Waals surface area contributed by atoms with Crippen molar-refractivity contribution < 1.29 is 14.2 Å². The predicted octanol–water partition coefficient (Wildman–Crippen LogP) is 7.50. The predicted molar refractivity (Wildman–Crippen MR) is 244 cm³/mol. The average molecular weight is 848 g/mol. The number of nitrogens with one attached hydrogen (secondary N) is 2. The Labute approximate surface area is 361 Å². The Morgan fingerprint density at radius 3 is 2.25 bits per heavy atom. The van der Waals surface area contributed by atoms with E-state index in [0.717, 1.165) is 111 Å². The van der Waals surface area contributed by atoms with Crippen molar-refractivity contribution in [2.45, 2.75) is 55.0 Å². The van der Waals surface area contributed by atoms with Crippen molar-refractivity contribution >= 4 is 50.3 Å². The van der Waals surface area contributed by atoms with Crippen LogP contribution in [0.5, 0.6) is 5.75 Å². The van der Waals surface area contributed by atoms with E-state index < -0.39 is 0 Å². The van der Waals surface area contributed by atoms with Crippen LogP contribution < -0.4 is 15.9 Å². The highest BCUT2D eigenvalue weighted by molar-refractivity contribution is 7.99. The van der Waals surface area contributed by atoms with Crippen LogP contribution >= 0.6 is 23.1 Å². The number of fused-ring (bicyclic) bond motifs is 2. The second kappa shape index (κ2) is 20.3. The van der Waals surface area contributed by atoms with Gasteiger partial charge in [0, 0.05) is 43.9 Å². The molecule has 2 aliphatic rings. The topological polar surface area (TPSA) is 129 Å². The van der Waals surface area contributed by atoms with Crippen LogP contribution in [-0.2, 0) is 9.47 Å². The summed E-state index contributed by atoms with van der Waals surface area (Å²) in [6.07, 6.45) is 3.85. The number of imidazole rings is 1. The summed E-state index contributed by atoms with van der Waals surface area (Å²) < 4.78 is 21.1. The van der Waals surface area contributed by atoms with E-state index in [4.69, 9.17) is 29.9 Å². The summed E-state index contributed by atoms with van der Waals surface area (Å²) >= 11 is 3.45. The number of thiazole rings is 1. The third-order valence-corrected chi connectivity index (χ3v) is 13.2. The van der Waals surface area contributed by atoms with Crippen molar-refractivity contribution in [1.29, 1.82) is 0 Å². The Kier molecular flexibility index (Phi) is 14.3. The molecular formula is C46H57N9O3S2. The quantitative estimate of drug-likeness (QED) is 0.0278. The molecular weight excluding hydrogens is 791 g/mol. The second-order valence-electron chi connectivity index (χ2n) is 15.8. The lowest BCUT2D eigenvalue weighted by Gasteiger charge is -2.31. The van der Waals surface area contributed by atoms with Gasteiger partial charge < -0.3 is 34.7 Å². The number of aromatic nitrogens is 3. The summed E-state index contributed by atoms with van der Waals surface area (Å²) in [6, 6.07) is 33.2. The molecule has 4 N–H and O–H groups in total. The maximum Gasteiger partial charge on any atom is 0.203 e. The number of aliphatic imine (C=N–C) groups is 1. The molecule has 0 aliphatic carbocycles. The van der Waals surface area contributed by atoms with Crippen LogP contribution in [0.4, 0.5) is 0 Å². The Bertz CT molecular complexity index is 2250. The van der Waals surface area contributed by atoms with Gasteiger partial charge in [0.2, 0.25) is 5.96 Å². The zero-order valence-electron chi connectivity index (χ0n) is 34.8. The van der Waals surface area contributed by atoms with Gasteiger partial charge in [-0.05, 0) is 99.4 Å². The van der Waals surface area contributed by atoms with Crippen LogP contribution in [0.1, 0.15) is 59.9 Å². The first-order chi connectivity index (χ1) is 29.3. The summed E-state index contributed by atoms with van der Waals surface area (Å²) in [5.74, 6) is 2.78. The number of rotatable bonds is 17. The van der Waals surface area contributed by atoms with Gasteiger partial charge in [-0.25, -0.2) is 15.0 Å². The third kappa shape index (κ3) is 11.2. The van der Waals surface area contributed by atoms with E-state index in [0.29, 0.717) is 25.7 Å². The molecule has 2 saturated heterocycles. The van der Waals surface area contributed by atoms with Crippen LogP contribution in [0.15, 0.2) is 107 Å². The number of guanidine groups is 1. The molecule has 14 heteroatoms. The number of hydrogen-bond acceptors (Lipinski definition) is 11. The van der Waals surface area contributed by atoms with Gasteiger partial charge in [0.05, 0.1) is 46.5 Å². The number of nitrogens with zero attached hydrogens (tertiary/aromatic N) is 6. The number of benzene rings is 4. The van der Waals surface area contributed by atoms with E-state index in [1.54, 1.807) is 23.1 Å². The van der Waals surface area contributed by atoms with Crippen LogP contribution in [0.2, 0.25) is 0 Å². The highest BCUT2D eigenvalue weighted by atomic mass is 32.2. The minimum absolute atomic E-state index is 0.180. The standard InChI is InChI=1S/C46H57N9O3S2/c1-53-23-18-34(19-24-53)57-42(44-49-38-14-4-5-15-39(38)50-44)33-11-9-13-37(31-33)59-29-22-48-46(47)52-55(3)27-28-56-36-12-8-10-32(30-36)43(58-35-20-25-54(2)26-21-35)45-51-40-16-6-7-17-41(40)60-45/h4-17,30-31,34-35,42-43H,18-29H2,1-3H3,(H,49,50)(H3,47,48,52). The average Bonchev–Trinajstić information content (AvgIpc) is 3.90. The monoisotopic (exact) mass is 847 g/mol. The first-order valence-corrected chi connectivity index (χ1v) is 22.8. The lowest BCUT2D eigenvalue weighted by atomic mass is 10.1. The van der Waals surface area contributed by atoms with E-state index >= 15 is 0 Å². The summed E-state index contributed by atoms with van der Waals surface area (Å²) in [7, 11) is 6.28. The van der Waals surface area contributed by atoms with Crippen LogP contribution in [0, 0.1) is 0 Å². The molecule has 2 fully saturated rings. The van der Waals surface area contributed by atoms with Gasteiger partial charge in [0.1, 0.15) is 35.4 Å². The second-order valence-corrected chi connectivity index (χ2v) is 18.1. The van der Waals surface area contributed by atoms with Crippen molar-refractivity contribution in [2.24, 2.45) is 10.7 Å². The fourth-order valence-electron chi connectivity index (χ4n) is 7.76. The highest BCUT2D eigenvalue weighted by Gasteiger charge is 2.28. The normalized spacial score (nSPS) is 17.4. The maximum absolute atomic E-state index is 6.83. The van der Waals surface area contributed by atoms with Crippen molar-refractivity contribution in [3.63, 3.8) is 0 Å². The Balaban J connectivity index is 0.825. The number of thioether (sulfide) groups is 1. The van der Waals surface area contributed by atoms with E-state index in [1.165, 1.54) is 0 Å². The Hall–Kier alpha value is -4.54. The number of nitrogens with two attached hydrogens (primary N) is 1. The molecule has 0 radical (unpaired) electrons. The Morgan fingerprint density at radius 1 is 0.850 bits per heavy atom. The third-order valence-electron chi connectivity index (χ3n) is 11.1. The molecule has 2 aliphatic heterocycles. The molecule has 4 heterocycles. The minimum atomic E-state index is -0.281. The maximum atomic E-state index is 6.83. The SMILES string of the molecule is CN1CCC(OC(c2cccc(SCCN=C(N)NN(C)CCOc3cccc(C(OC4CCN(C)CC4)c4nc5ccccc5s4)c3)c2)c2nc3ccccc3[nH]2)CC1. The number of para-hydroxylation sites is 3. The zero-order chi connectivity index (χ0) is 41.3. The number of likely N-dealkylation sites (N-methyl/N-ethyl adjacent to an activating group) is 1. The molecule has 12 nitrogen and oxygen atoms in total. The number of hydrogen-bond donors (Lipinski definition) is 3. The molecule has 4 aromatic carbocycles. The van der Waals surface area contributed by atoms with Gasteiger partial charge >= 0.3 is 0 Å². The molecule has 2 aromatic heterocycles. The summed E-state index contributed by atoms with van der Waals surface area (Å²) in [4.78, 5) is 23.9. The zero-order valence-corrected chi connectivity index (χ0v) is 36.5. The summed E-state index contributed by atoms with van der Waals surface area (Å²) in [5.41, 5.74) is 14.6. The summed E-state index contributed by atoms with van der Waals surface area (Å²) in [5, 5.41) is 2.87. The van der Waals surface area contributed by atoms with Crippen LogP contribution in [0.25, 0.3) is 21.3 Å². The lowest BCUT2D eigenvalue weighted by molar-refractivity contribution is -0.0265. The molecule has 0 amide bonds. The first-order valence-electron chi connectivity index (χ1n) is 21.0. The van der Waals surface area contributed by atoms with Gasteiger partial charge in [0.15, 0.2) is 0 Å². The number of likely N-dealkylation sites (tertiary alicyclic amines) is 2. The van der Waals surface area contributed by atoms with Crippen LogP contribution in [-0.4, -0.2) is 121 Å². The van der Waals surface area contributed by atoms with Gasteiger partial charge in [-0.1, -0.05) is 48.5 Å². The van der Waals surface area contributed by atoms with Crippen LogP contribution in [0.3, 0.4) is 0 Å². The molecule has 60 heavy (non-hydrogen) atoms. The van der Waals surface area contributed by atoms with E-state index in [1.807, 2.05) is 48.5 Å².